The number of aliphatic hydroxyl groups is 1. The predicted octanol–water partition coefficient (Wildman–Crippen LogP) is 1.76. The van der Waals surface area contributed by atoms with Gasteiger partial charge in [-0.15, -0.1) is 0 Å². The molecule has 0 saturated heterocycles. The predicted molar refractivity (Wildman–Crippen MR) is 55.4 cm³/mol. The molecule has 0 fully saturated rings. The molecular weight excluding hydrogens is 230 g/mol. The molecule has 2 nitrogen and oxygen atoms in total. The van der Waals surface area contributed by atoms with Gasteiger partial charge in [-0.25, -0.2) is 0 Å². The van der Waals surface area contributed by atoms with Gasteiger partial charge >= 0.3 is 0 Å². The van der Waals surface area contributed by atoms with Gasteiger partial charge in [-0.2, -0.15) is 0 Å². The molecule has 3 heteroatoms. The number of hydrogen-bond donors (Lipinski definition) is 2. The molecule has 2 atom stereocenters. The van der Waals surface area contributed by atoms with Crippen LogP contribution >= 0.6 is 15.9 Å². The monoisotopic (exact) mass is 241 g/mol. The van der Waals surface area contributed by atoms with Gasteiger partial charge in [-0.3, -0.25) is 0 Å². The highest BCUT2D eigenvalue weighted by Gasteiger charge is 2.26. The minimum atomic E-state index is -0.515. The van der Waals surface area contributed by atoms with Crippen LogP contribution in [-0.4, -0.2) is 11.1 Å². The Morgan fingerprint density at radius 1 is 1.46 bits per heavy atom. The third-order valence-electron chi connectivity index (χ3n) is 2.59. The van der Waals surface area contributed by atoms with E-state index in [4.69, 9.17) is 5.73 Å². The third kappa shape index (κ3) is 1.52. The number of aryl methyl sites for hydroxylation is 1. The van der Waals surface area contributed by atoms with Crippen LogP contribution in [-0.2, 0) is 6.42 Å². The maximum absolute atomic E-state index is 9.86. The lowest BCUT2D eigenvalue weighted by atomic mass is 9.86. The van der Waals surface area contributed by atoms with E-state index in [0.29, 0.717) is 0 Å². The van der Waals surface area contributed by atoms with Crippen molar-refractivity contribution in [2.24, 2.45) is 5.73 Å². The second-order valence-electron chi connectivity index (χ2n) is 3.46. The fraction of sp³-hybridized carbons (Fsp3) is 0.400. The lowest BCUT2D eigenvalue weighted by Gasteiger charge is -2.28. The van der Waals surface area contributed by atoms with Crippen molar-refractivity contribution < 1.29 is 5.11 Å². The maximum atomic E-state index is 9.86. The highest BCUT2D eigenvalue weighted by Crippen LogP contribution is 2.34. The fourth-order valence-corrected chi connectivity index (χ4v) is 2.47. The van der Waals surface area contributed by atoms with Crippen LogP contribution in [0.15, 0.2) is 22.7 Å². The van der Waals surface area contributed by atoms with Crippen LogP contribution in [0, 0.1) is 0 Å². The van der Waals surface area contributed by atoms with Crippen molar-refractivity contribution >= 4 is 15.9 Å². The van der Waals surface area contributed by atoms with Crippen molar-refractivity contribution in [3.63, 3.8) is 0 Å². The number of aliphatic hydroxyl groups excluding tert-OH is 1. The molecule has 0 aliphatic heterocycles. The van der Waals surface area contributed by atoms with E-state index < -0.39 is 6.10 Å². The largest absolute Gasteiger partial charge is 0.387 e. The molecule has 0 heterocycles. The van der Waals surface area contributed by atoms with Gasteiger partial charge in [-0.05, 0) is 30.0 Å². The Morgan fingerprint density at radius 3 is 3.00 bits per heavy atom. The first-order chi connectivity index (χ1) is 6.20. The topological polar surface area (TPSA) is 46.2 Å². The zero-order valence-corrected chi connectivity index (χ0v) is 8.79. The van der Waals surface area contributed by atoms with Gasteiger partial charge in [0.05, 0.1) is 6.10 Å². The average molecular weight is 242 g/mol. The van der Waals surface area contributed by atoms with E-state index in [1.807, 2.05) is 12.1 Å². The highest BCUT2D eigenvalue weighted by molar-refractivity contribution is 9.10. The summed E-state index contributed by atoms with van der Waals surface area (Å²) in [6.07, 6.45) is 1.32. The summed E-state index contributed by atoms with van der Waals surface area (Å²) in [6.45, 7) is 0. The quantitative estimate of drug-likeness (QED) is 0.728. The van der Waals surface area contributed by atoms with Crippen molar-refractivity contribution in [1.82, 2.24) is 0 Å². The second-order valence-corrected chi connectivity index (χ2v) is 4.31. The second kappa shape index (κ2) is 3.40. The summed E-state index contributed by atoms with van der Waals surface area (Å²) in [5.41, 5.74) is 7.98. The van der Waals surface area contributed by atoms with E-state index in [1.165, 1.54) is 5.56 Å². The Hall–Kier alpha value is -0.380. The van der Waals surface area contributed by atoms with Crippen LogP contribution in [0.25, 0.3) is 0 Å². The summed E-state index contributed by atoms with van der Waals surface area (Å²) in [5, 5.41) is 9.86. The van der Waals surface area contributed by atoms with Crippen molar-refractivity contribution in [3.8, 4) is 0 Å². The van der Waals surface area contributed by atoms with E-state index in [9.17, 15) is 5.11 Å². The Kier molecular flexibility index (Phi) is 2.41. The van der Waals surface area contributed by atoms with E-state index >= 15 is 0 Å². The summed E-state index contributed by atoms with van der Waals surface area (Å²) in [4.78, 5) is 0. The number of fused-ring (bicyclic) bond motifs is 1. The van der Waals surface area contributed by atoms with Gasteiger partial charge in [0.2, 0.25) is 0 Å². The van der Waals surface area contributed by atoms with E-state index in [-0.39, 0.29) is 6.04 Å². The zero-order valence-electron chi connectivity index (χ0n) is 7.20. The molecule has 0 amide bonds. The van der Waals surface area contributed by atoms with Gasteiger partial charge in [-0.1, -0.05) is 28.1 Å². The first-order valence-corrected chi connectivity index (χ1v) is 5.20. The molecule has 2 rings (SSSR count). The van der Waals surface area contributed by atoms with Gasteiger partial charge in [0, 0.05) is 10.5 Å². The smallest absolute Gasteiger partial charge is 0.0954 e. The van der Waals surface area contributed by atoms with E-state index in [1.54, 1.807) is 0 Å². The number of halogens is 1. The van der Waals surface area contributed by atoms with Crippen LogP contribution in [0.1, 0.15) is 23.7 Å². The molecule has 70 valence electrons. The van der Waals surface area contributed by atoms with Crippen molar-refractivity contribution in [3.05, 3.63) is 33.8 Å². The van der Waals surface area contributed by atoms with E-state index in [2.05, 4.69) is 22.0 Å². The third-order valence-corrected chi connectivity index (χ3v) is 3.28. The van der Waals surface area contributed by atoms with Crippen molar-refractivity contribution in [2.45, 2.75) is 25.0 Å². The molecule has 1 aliphatic rings. The van der Waals surface area contributed by atoms with Crippen molar-refractivity contribution in [1.29, 1.82) is 0 Å². The Labute approximate surface area is 85.9 Å². The normalized spacial score (nSPS) is 27.0. The summed E-state index contributed by atoms with van der Waals surface area (Å²) in [6, 6.07) is 5.87. The molecule has 0 radical (unpaired) electrons. The molecule has 0 saturated carbocycles. The molecule has 0 spiro atoms. The maximum Gasteiger partial charge on any atom is 0.0954 e. The molecule has 3 N–H and O–H groups in total. The molecular formula is C10H12BrNO. The van der Waals surface area contributed by atoms with Crippen LogP contribution < -0.4 is 5.73 Å². The Balaban J connectivity index is 2.51. The van der Waals surface area contributed by atoms with Crippen LogP contribution in [0.3, 0.4) is 0 Å². The lowest BCUT2D eigenvalue weighted by molar-refractivity contribution is 0.133. The molecule has 13 heavy (non-hydrogen) atoms. The Bertz CT molecular complexity index is 327. The minimum Gasteiger partial charge on any atom is -0.387 e. The number of hydrogen-bond acceptors (Lipinski definition) is 2. The standard InChI is InChI=1S/C10H12BrNO/c11-7-3-1-2-6-4-5-8(12)10(13)9(6)7/h1-3,8,10,13H,4-5,12H2. The molecule has 1 aliphatic carbocycles. The van der Waals surface area contributed by atoms with Gasteiger partial charge < -0.3 is 10.8 Å². The Morgan fingerprint density at radius 2 is 2.23 bits per heavy atom. The zero-order chi connectivity index (χ0) is 9.42. The van der Waals surface area contributed by atoms with Crippen molar-refractivity contribution in [2.75, 3.05) is 0 Å². The molecule has 2 unspecified atom stereocenters. The molecule has 1 aromatic carbocycles. The number of rotatable bonds is 0. The number of benzene rings is 1. The lowest BCUT2D eigenvalue weighted by Crippen LogP contribution is -2.33. The van der Waals surface area contributed by atoms with Gasteiger partial charge in [0.1, 0.15) is 0 Å². The summed E-state index contributed by atoms with van der Waals surface area (Å²) >= 11 is 3.43. The number of nitrogens with two attached hydrogens (primary N) is 1. The summed E-state index contributed by atoms with van der Waals surface area (Å²) < 4.78 is 0.965. The minimum absolute atomic E-state index is 0.119. The van der Waals surface area contributed by atoms with Crippen LogP contribution in [0.2, 0.25) is 0 Å². The summed E-state index contributed by atoms with van der Waals surface area (Å²) in [7, 11) is 0. The van der Waals surface area contributed by atoms with Gasteiger partial charge in [0.15, 0.2) is 0 Å². The molecule has 0 aromatic heterocycles. The molecule has 1 aromatic rings. The highest BCUT2D eigenvalue weighted by atomic mass is 79.9. The average Bonchev–Trinajstić information content (AvgIpc) is 2.12. The van der Waals surface area contributed by atoms with Crippen LogP contribution in [0.4, 0.5) is 0 Å². The first kappa shape index (κ1) is 9.19. The summed E-state index contributed by atoms with van der Waals surface area (Å²) in [5.74, 6) is 0. The first-order valence-electron chi connectivity index (χ1n) is 4.41. The van der Waals surface area contributed by atoms with Crippen LogP contribution in [0.5, 0.6) is 0 Å². The SMILES string of the molecule is NC1CCc2cccc(Br)c2C1O. The fourth-order valence-electron chi connectivity index (χ4n) is 1.83. The van der Waals surface area contributed by atoms with Gasteiger partial charge in [0.25, 0.3) is 0 Å². The molecule has 0 bridgehead atoms. The van der Waals surface area contributed by atoms with E-state index in [0.717, 1.165) is 22.9 Å².